The van der Waals surface area contributed by atoms with E-state index < -0.39 is 0 Å². The van der Waals surface area contributed by atoms with Gasteiger partial charge in [0.2, 0.25) is 0 Å². The zero-order valence-electron chi connectivity index (χ0n) is 50.5. The summed E-state index contributed by atoms with van der Waals surface area (Å²) in [6, 6.07) is 36.7. The summed E-state index contributed by atoms with van der Waals surface area (Å²) in [6.07, 6.45) is 9.82. The number of hydrogen-bond donors (Lipinski definition) is 0. The monoisotopic (exact) mass is 1170 g/mol. The van der Waals surface area contributed by atoms with E-state index in [0.29, 0.717) is 70.0 Å². The van der Waals surface area contributed by atoms with Crippen LogP contribution >= 0.6 is 0 Å². The number of methoxy groups -OCH3 is 2. The van der Waals surface area contributed by atoms with Crippen LogP contribution in [0.3, 0.4) is 0 Å². The lowest BCUT2D eigenvalue weighted by molar-refractivity contribution is 0.0511. The van der Waals surface area contributed by atoms with Crippen molar-refractivity contribution < 1.29 is 38.0 Å². The molecular formula is C67H83N11O8. The maximum atomic E-state index is 12.9. The summed E-state index contributed by atoms with van der Waals surface area (Å²) in [5.74, 6) is 3.58. The van der Waals surface area contributed by atoms with Crippen LogP contribution in [0.5, 0.6) is 23.5 Å². The van der Waals surface area contributed by atoms with Gasteiger partial charge in [0.05, 0.1) is 24.5 Å². The molecule has 0 spiro atoms. The Kier molecular flexibility index (Phi) is 18.9. The van der Waals surface area contributed by atoms with Gasteiger partial charge >= 0.3 is 18.1 Å². The number of amides is 1. The van der Waals surface area contributed by atoms with E-state index in [1.807, 2.05) is 36.4 Å². The van der Waals surface area contributed by atoms with Crippen LogP contribution in [0.2, 0.25) is 0 Å². The Morgan fingerprint density at radius 2 is 0.988 bits per heavy atom. The number of benzene rings is 5. The van der Waals surface area contributed by atoms with Crippen molar-refractivity contribution in [3.8, 4) is 23.5 Å². The third kappa shape index (κ3) is 13.8. The van der Waals surface area contributed by atoms with E-state index in [1.54, 1.807) is 19.1 Å². The van der Waals surface area contributed by atoms with Crippen LogP contribution in [-0.2, 0) is 46.7 Å². The van der Waals surface area contributed by atoms with Crippen LogP contribution in [0.4, 0.5) is 27.8 Å². The van der Waals surface area contributed by atoms with Gasteiger partial charge in [-0.25, -0.2) is 4.79 Å². The molecule has 6 aliphatic rings. The van der Waals surface area contributed by atoms with Gasteiger partial charge in [-0.1, -0.05) is 78.9 Å². The fourth-order valence-corrected chi connectivity index (χ4v) is 13.0. The number of ether oxygens (including phenoxy) is 7. The molecule has 8 heterocycles. The maximum absolute atomic E-state index is 12.9. The molecule has 19 nitrogen and oxygen atoms in total. The van der Waals surface area contributed by atoms with Crippen LogP contribution < -0.4 is 38.5 Å². The minimum atomic E-state index is -0.285. The van der Waals surface area contributed by atoms with Gasteiger partial charge in [-0.15, -0.1) is 0 Å². The molecule has 2 atom stereocenters. The molecule has 0 N–H and O–H groups in total. The summed E-state index contributed by atoms with van der Waals surface area (Å²) in [4.78, 5) is 49.0. The van der Waals surface area contributed by atoms with Gasteiger partial charge in [0.15, 0.2) is 13.6 Å². The molecule has 0 radical (unpaired) electrons. The highest BCUT2D eigenvalue weighted by atomic mass is 16.7. The Hall–Kier alpha value is -7.71. The molecule has 0 saturated carbocycles. The first kappa shape index (κ1) is 58.7. The van der Waals surface area contributed by atoms with Crippen molar-refractivity contribution in [2.24, 2.45) is 0 Å². The van der Waals surface area contributed by atoms with Crippen LogP contribution in [0.1, 0.15) is 73.0 Å². The summed E-state index contributed by atoms with van der Waals surface area (Å²) in [7, 11) is 7.61. The van der Waals surface area contributed by atoms with Crippen LogP contribution in [0.25, 0.3) is 21.5 Å². The van der Waals surface area contributed by atoms with Gasteiger partial charge in [-0.05, 0) is 113 Å². The van der Waals surface area contributed by atoms with E-state index in [-0.39, 0.29) is 26.3 Å². The molecule has 86 heavy (non-hydrogen) atoms. The SMILES string of the molecule is COCOc1cc(N2CCc3c(nc(OC[C@@H]4CCCN4C)nc3N3CCCCC3)C2)c2ccccc2c1.COCOc1cc(N2CCc3c(nc(OC[C@@H]4CCCN4C)nc3N3CCN(C(=O)OCc4ccccc4)CC3)C2)c2ccccc2c1. The van der Waals surface area contributed by atoms with Crippen molar-refractivity contribution in [3.63, 3.8) is 0 Å². The molecule has 5 aromatic carbocycles. The quantitative estimate of drug-likeness (QED) is 0.0748. The lowest BCUT2D eigenvalue weighted by Crippen LogP contribution is -2.49. The number of fused-ring (bicyclic) bond motifs is 4. The third-order valence-electron chi connectivity index (χ3n) is 17.9. The van der Waals surface area contributed by atoms with Gasteiger partial charge in [0.1, 0.15) is 43.0 Å². The Morgan fingerprint density at radius 3 is 1.48 bits per heavy atom. The van der Waals surface area contributed by atoms with E-state index >= 15 is 0 Å². The number of aromatic nitrogens is 4. The first-order chi connectivity index (χ1) is 42.2. The highest BCUT2D eigenvalue weighted by molar-refractivity contribution is 5.97. The van der Waals surface area contributed by atoms with Gasteiger partial charge in [0, 0.05) is 124 Å². The van der Waals surface area contributed by atoms with E-state index in [4.69, 9.17) is 53.1 Å². The van der Waals surface area contributed by atoms with Crippen molar-refractivity contribution in [2.45, 2.75) is 89.6 Å². The molecule has 454 valence electrons. The second-order valence-corrected chi connectivity index (χ2v) is 23.5. The van der Waals surface area contributed by atoms with Gasteiger partial charge in [-0.3, -0.25) is 0 Å². The highest BCUT2D eigenvalue weighted by Gasteiger charge is 2.33. The number of likely N-dealkylation sites (tertiary alicyclic amines) is 2. The summed E-state index contributed by atoms with van der Waals surface area (Å²) in [5.41, 5.74) is 7.71. The Morgan fingerprint density at radius 1 is 0.500 bits per heavy atom. The Labute approximate surface area is 505 Å². The normalized spacial score (nSPS) is 19.0. The lowest BCUT2D eigenvalue weighted by atomic mass is 10.0. The Bertz CT molecular complexity index is 3420. The van der Waals surface area contributed by atoms with E-state index in [9.17, 15) is 4.79 Å². The Balaban J connectivity index is 0.000000173. The fraction of sp³-hybridized carbons (Fsp3) is 0.478. The number of rotatable bonds is 18. The second-order valence-electron chi connectivity index (χ2n) is 23.5. The fourth-order valence-electron chi connectivity index (χ4n) is 13.0. The average molecular weight is 1170 g/mol. The molecule has 0 bridgehead atoms. The van der Waals surface area contributed by atoms with E-state index in [1.165, 1.54) is 49.5 Å². The average Bonchev–Trinajstić information content (AvgIpc) is 1.90. The zero-order valence-corrected chi connectivity index (χ0v) is 50.5. The minimum absolute atomic E-state index is 0.187. The number of carbonyl (C=O) groups excluding carboxylic acids is 1. The summed E-state index contributed by atoms with van der Waals surface area (Å²) >= 11 is 0. The van der Waals surface area contributed by atoms with Crippen molar-refractivity contribution >= 4 is 50.6 Å². The molecule has 19 heteroatoms. The number of piperidine rings is 1. The number of likely N-dealkylation sites (N-methyl/N-ethyl adjacent to an activating group) is 2. The van der Waals surface area contributed by atoms with Gasteiger partial charge in [0.25, 0.3) is 0 Å². The lowest BCUT2D eigenvalue weighted by Gasteiger charge is -2.38. The van der Waals surface area contributed by atoms with Gasteiger partial charge < -0.3 is 67.5 Å². The molecule has 4 saturated heterocycles. The molecular weight excluding hydrogens is 1090 g/mol. The zero-order chi connectivity index (χ0) is 58.8. The predicted molar refractivity (Wildman–Crippen MR) is 335 cm³/mol. The highest BCUT2D eigenvalue weighted by Crippen LogP contribution is 2.40. The molecule has 0 aliphatic carbocycles. The summed E-state index contributed by atoms with van der Waals surface area (Å²) in [6.45, 7) is 11.7. The van der Waals surface area contributed by atoms with E-state index in [2.05, 4.69) is 110 Å². The predicted octanol–water partition coefficient (Wildman–Crippen LogP) is 9.75. The van der Waals surface area contributed by atoms with Gasteiger partial charge in [-0.2, -0.15) is 19.9 Å². The largest absolute Gasteiger partial charge is 0.467 e. The maximum Gasteiger partial charge on any atom is 0.410 e. The number of carbonyl (C=O) groups is 1. The molecule has 0 unspecified atom stereocenters. The van der Waals surface area contributed by atoms with Crippen molar-refractivity contribution in [1.82, 2.24) is 34.6 Å². The first-order valence-electron chi connectivity index (χ1n) is 30.9. The molecule has 2 aromatic heterocycles. The molecule has 4 fully saturated rings. The third-order valence-corrected chi connectivity index (χ3v) is 17.9. The van der Waals surface area contributed by atoms with Crippen molar-refractivity contribution in [2.75, 3.05) is 140 Å². The van der Waals surface area contributed by atoms with Crippen LogP contribution in [-0.4, -0.2) is 173 Å². The first-order valence-corrected chi connectivity index (χ1v) is 30.9. The van der Waals surface area contributed by atoms with Crippen LogP contribution in [0.15, 0.2) is 103 Å². The number of nitrogens with zero attached hydrogens (tertiary/aromatic N) is 11. The summed E-state index contributed by atoms with van der Waals surface area (Å²) in [5, 5.41) is 4.64. The smallest absolute Gasteiger partial charge is 0.410 e. The van der Waals surface area contributed by atoms with Crippen molar-refractivity contribution in [3.05, 3.63) is 131 Å². The molecule has 7 aromatic rings. The second kappa shape index (κ2) is 27.8. The van der Waals surface area contributed by atoms with Crippen molar-refractivity contribution in [1.29, 1.82) is 0 Å². The van der Waals surface area contributed by atoms with E-state index in [0.717, 1.165) is 138 Å². The summed E-state index contributed by atoms with van der Waals surface area (Å²) < 4.78 is 40.4. The minimum Gasteiger partial charge on any atom is -0.467 e. The molecule has 1 amide bonds. The molecule has 6 aliphatic heterocycles. The number of anilines is 4. The number of hydrogen-bond acceptors (Lipinski definition) is 18. The topological polar surface area (TPSA) is 156 Å². The molecule has 13 rings (SSSR count). The van der Waals surface area contributed by atoms with Crippen LogP contribution in [0, 0.1) is 0 Å². The standard InChI is InChI=1S/C37H44N6O5.C30H39N5O3/c1-40-15-8-12-29(40)25-46-36-38-33-23-43(34-22-30(48-26-45-2)21-28-11-6-7-13-31(28)34)16-14-32(33)35(39-36)41-17-19-42(20-18-41)37(44)47-24-27-9-4-3-5-10-27;1-33-13-8-10-23(33)20-37-30-31-27-19-35(16-12-26(27)29(32-30)34-14-6-3-7-15-34)28-18-24(38-21-36-2)17-22-9-4-5-11-25(22)28/h3-7,9-11,13,21-22,29H,8,12,14-20,23-26H2,1-2H3;4-5,9,11,17-18,23H,3,6-8,10,12-16,19-21H2,1-2H3/t29-;23-/m00/s1. The number of piperazine rings is 1.